The summed E-state index contributed by atoms with van der Waals surface area (Å²) >= 11 is 0. The van der Waals surface area contributed by atoms with Gasteiger partial charge >= 0.3 is 0 Å². The number of hydrogen-bond donors (Lipinski definition) is 0. The standard InChI is InChI=1S/C29H29N5O2/c35-28(33-18-14-22-9-4-5-10-23(22)20-33)24-11-8-17-32(21-24)29(36)26-19-30-34(25-12-2-1-3-13-25)27(26)31-15-6-7-16-31/h1-7,9-10,12-13,15-16,19,24H,8,11,14,17-18,20-21H2/t24-/m1/s1. The highest BCUT2D eigenvalue weighted by atomic mass is 16.2. The van der Waals surface area contributed by atoms with E-state index in [0.717, 1.165) is 31.5 Å². The van der Waals surface area contributed by atoms with Gasteiger partial charge in [0.25, 0.3) is 5.91 Å². The van der Waals surface area contributed by atoms with E-state index in [-0.39, 0.29) is 17.7 Å². The second-order valence-electron chi connectivity index (χ2n) is 9.59. The van der Waals surface area contributed by atoms with Gasteiger partial charge in [0, 0.05) is 38.6 Å². The Balaban J connectivity index is 1.24. The number of nitrogens with zero attached hydrogens (tertiary/aromatic N) is 5. The van der Waals surface area contributed by atoms with Crippen LogP contribution in [0.4, 0.5) is 0 Å². The van der Waals surface area contributed by atoms with Gasteiger partial charge in [0.15, 0.2) is 5.82 Å². The number of carbonyl (C=O) groups is 2. The Kier molecular flexibility index (Phi) is 5.89. The zero-order chi connectivity index (χ0) is 24.5. The number of likely N-dealkylation sites (tertiary alicyclic amines) is 1. The molecule has 0 saturated carbocycles. The Morgan fingerprint density at radius 3 is 2.39 bits per heavy atom. The van der Waals surface area contributed by atoms with Crippen LogP contribution in [0.1, 0.15) is 34.3 Å². The number of hydrogen-bond acceptors (Lipinski definition) is 3. The number of fused-ring (bicyclic) bond motifs is 1. The molecule has 2 aromatic heterocycles. The third kappa shape index (κ3) is 4.11. The predicted molar refractivity (Wildman–Crippen MR) is 137 cm³/mol. The molecule has 6 rings (SSSR count). The molecule has 4 aromatic rings. The maximum absolute atomic E-state index is 13.8. The first-order valence-electron chi connectivity index (χ1n) is 12.6. The Hall–Kier alpha value is -4.13. The van der Waals surface area contributed by atoms with Crippen LogP contribution in [0.5, 0.6) is 0 Å². The third-order valence-electron chi connectivity index (χ3n) is 7.32. The largest absolute Gasteiger partial charge is 0.338 e. The lowest BCUT2D eigenvalue weighted by atomic mass is 9.93. The van der Waals surface area contributed by atoms with Gasteiger partial charge in [-0.3, -0.25) is 9.59 Å². The normalized spacial score (nSPS) is 17.6. The minimum atomic E-state index is -0.174. The first kappa shape index (κ1) is 22.3. The van der Waals surface area contributed by atoms with Gasteiger partial charge in [-0.2, -0.15) is 5.10 Å². The highest BCUT2D eigenvalue weighted by Gasteiger charge is 2.34. The summed E-state index contributed by atoms with van der Waals surface area (Å²) in [4.78, 5) is 31.1. The number of amides is 2. The molecule has 0 spiro atoms. The number of rotatable bonds is 4. The molecule has 1 fully saturated rings. The predicted octanol–water partition coefficient (Wildman–Crippen LogP) is 4.10. The van der Waals surface area contributed by atoms with E-state index >= 15 is 0 Å². The number of carbonyl (C=O) groups excluding carboxylic acids is 2. The van der Waals surface area contributed by atoms with E-state index in [0.29, 0.717) is 31.0 Å². The zero-order valence-corrected chi connectivity index (χ0v) is 20.2. The molecule has 7 heteroatoms. The lowest BCUT2D eigenvalue weighted by molar-refractivity contribution is -0.137. The van der Waals surface area contributed by atoms with Gasteiger partial charge in [-0.25, -0.2) is 4.68 Å². The van der Waals surface area contributed by atoms with E-state index in [4.69, 9.17) is 0 Å². The SMILES string of the molecule is O=C(c1cnn(-c2ccccc2)c1-n1cccc1)N1CCC[C@@H](C(=O)N2CCc3ccccc3C2)C1. The van der Waals surface area contributed by atoms with Gasteiger partial charge in [0.05, 0.1) is 17.8 Å². The van der Waals surface area contributed by atoms with Crippen LogP contribution in [0.25, 0.3) is 11.5 Å². The van der Waals surface area contributed by atoms with Crippen LogP contribution in [0.15, 0.2) is 85.3 Å². The fourth-order valence-corrected chi connectivity index (χ4v) is 5.45. The second-order valence-corrected chi connectivity index (χ2v) is 9.59. The van der Waals surface area contributed by atoms with Gasteiger partial charge in [0.1, 0.15) is 5.56 Å². The molecule has 2 aliphatic heterocycles. The summed E-state index contributed by atoms with van der Waals surface area (Å²) in [5.41, 5.74) is 3.98. The molecule has 2 amide bonds. The molecule has 4 heterocycles. The number of para-hydroxylation sites is 1. The molecule has 1 saturated heterocycles. The van der Waals surface area contributed by atoms with Crippen LogP contribution in [-0.4, -0.2) is 55.6 Å². The molecule has 36 heavy (non-hydrogen) atoms. The van der Waals surface area contributed by atoms with E-state index in [1.165, 1.54) is 11.1 Å². The maximum atomic E-state index is 13.8. The summed E-state index contributed by atoms with van der Waals surface area (Å²) < 4.78 is 3.72. The number of aromatic nitrogens is 3. The Morgan fingerprint density at radius 2 is 1.58 bits per heavy atom. The van der Waals surface area contributed by atoms with Gasteiger partial charge < -0.3 is 14.4 Å². The van der Waals surface area contributed by atoms with Crippen molar-refractivity contribution in [1.82, 2.24) is 24.1 Å². The molecule has 1 atom stereocenters. The second kappa shape index (κ2) is 9.49. The highest BCUT2D eigenvalue weighted by Crippen LogP contribution is 2.27. The van der Waals surface area contributed by atoms with Crippen molar-refractivity contribution in [1.29, 1.82) is 0 Å². The summed E-state index contributed by atoms with van der Waals surface area (Å²) in [6.07, 6.45) is 8.01. The van der Waals surface area contributed by atoms with Crippen molar-refractivity contribution < 1.29 is 9.59 Å². The maximum Gasteiger partial charge on any atom is 0.259 e. The Bertz CT molecular complexity index is 1380. The molecule has 0 bridgehead atoms. The fraction of sp³-hybridized carbons (Fsp3) is 0.276. The van der Waals surface area contributed by atoms with Crippen molar-refractivity contribution in [3.05, 3.63) is 102 Å². The third-order valence-corrected chi connectivity index (χ3v) is 7.32. The van der Waals surface area contributed by atoms with Gasteiger partial charge in [-0.1, -0.05) is 42.5 Å². The van der Waals surface area contributed by atoms with Crippen LogP contribution in [-0.2, 0) is 17.8 Å². The average molecular weight is 480 g/mol. The summed E-state index contributed by atoms with van der Waals surface area (Å²) in [6.45, 7) is 2.48. The molecule has 0 radical (unpaired) electrons. The Morgan fingerprint density at radius 1 is 0.833 bits per heavy atom. The lowest BCUT2D eigenvalue weighted by Crippen LogP contribution is -2.47. The van der Waals surface area contributed by atoms with E-state index in [1.807, 2.05) is 75.3 Å². The molecule has 0 N–H and O–H groups in total. The van der Waals surface area contributed by atoms with Crippen molar-refractivity contribution in [3.63, 3.8) is 0 Å². The van der Waals surface area contributed by atoms with E-state index in [1.54, 1.807) is 10.9 Å². The quantitative estimate of drug-likeness (QED) is 0.443. The molecule has 0 aliphatic carbocycles. The molecular formula is C29H29N5O2. The number of benzene rings is 2. The average Bonchev–Trinajstić information content (AvgIpc) is 3.63. The Labute approximate surface area is 210 Å². The van der Waals surface area contributed by atoms with Gasteiger partial charge in [0.2, 0.25) is 5.91 Å². The fourth-order valence-electron chi connectivity index (χ4n) is 5.45. The van der Waals surface area contributed by atoms with Crippen molar-refractivity contribution in [2.24, 2.45) is 5.92 Å². The molecule has 2 aromatic carbocycles. The van der Waals surface area contributed by atoms with Gasteiger partial charge in [-0.05, 0) is 54.7 Å². The van der Waals surface area contributed by atoms with E-state index in [2.05, 4.69) is 23.3 Å². The minimum Gasteiger partial charge on any atom is -0.338 e. The summed E-state index contributed by atoms with van der Waals surface area (Å²) in [5, 5.41) is 4.58. The smallest absolute Gasteiger partial charge is 0.259 e. The topological polar surface area (TPSA) is 63.4 Å². The van der Waals surface area contributed by atoms with Crippen LogP contribution in [0.2, 0.25) is 0 Å². The molecule has 182 valence electrons. The zero-order valence-electron chi connectivity index (χ0n) is 20.2. The van der Waals surface area contributed by atoms with E-state index < -0.39 is 0 Å². The minimum absolute atomic E-state index is 0.0811. The van der Waals surface area contributed by atoms with Gasteiger partial charge in [-0.15, -0.1) is 0 Å². The number of piperidine rings is 1. The summed E-state index contributed by atoms with van der Waals surface area (Å²) in [7, 11) is 0. The first-order chi connectivity index (χ1) is 17.7. The van der Waals surface area contributed by atoms with Crippen molar-refractivity contribution in [3.8, 4) is 11.5 Å². The van der Waals surface area contributed by atoms with E-state index in [9.17, 15) is 9.59 Å². The van der Waals surface area contributed by atoms with Crippen molar-refractivity contribution >= 4 is 11.8 Å². The highest BCUT2D eigenvalue weighted by molar-refractivity contribution is 5.97. The van der Waals surface area contributed by atoms with Crippen LogP contribution < -0.4 is 0 Å². The summed E-state index contributed by atoms with van der Waals surface area (Å²) in [5.74, 6) is 0.611. The first-order valence-corrected chi connectivity index (χ1v) is 12.6. The molecular weight excluding hydrogens is 450 g/mol. The molecule has 2 aliphatic rings. The molecule has 7 nitrogen and oxygen atoms in total. The summed E-state index contributed by atoms with van der Waals surface area (Å²) in [6, 6.07) is 22.0. The molecule has 0 unspecified atom stereocenters. The monoisotopic (exact) mass is 479 g/mol. The van der Waals surface area contributed by atoms with Crippen molar-refractivity contribution in [2.75, 3.05) is 19.6 Å². The van der Waals surface area contributed by atoms with Crippen molar-refractivity contribution in [2.45, 2.75) is 25.8 Å². The van der Waals surface area contributed by atoms with Crippen LogP contribution in [0.3, 0.4) is 0 Å². The van der Waals surface area contributed by atoms with Crippen LogP contribution in [0, 0.1) is 5.92 Å². The lowest BCUT2D eigenvalue weighted by Gasteiger charge is -2.36. The van der Waals surface area contributed by atoms with Crippen LogP contribution >= 0.6 is 0 Å².